The zero-order chi connectivity index (χ0) is 44.0. The highest BCUT2D eigenvalue weighted by Gasteiger charge is 2.50. The number of ether oxygens (including phenoxy) is 1. The summed E-state index contributed by atoms with van der Waals surface area (Å²) in [5, 5.41) is 0.480. The number of amides is 2. The molecule has 2 fully saturated rings. The topological polar surface area (TPSA) is 96.2 Å². The molecule has 4 aliphatic heterocycles. The van der Waals surface area contributed by atoms with Gasteiger partial charge < -0.3 is 28.9 Å². The van der Waals surface area contributed by atoms with Gasteiger partial charge >= 0.3 is 0 Å². The summed E-state index contributed by atoms with van der Waals surface area (Å²) in [6, 6.07) is 31.5. The normalized spacial score (nSPS) is 17.9. The van der Waals surface area contributed by atoms with E-state index < -0.39 is 5.82 Å². The molecule has 0 saturated carbocycles. The van der Waals surface area contributed by atoms with Crippen LogP contribution < -0.4 is 15.2 Å². The highest BCUT2D eigenvalue weighted by Crippen LogP contribution is 2.42. The van der Waals surface area contributed by atoms with Crippen LogP contribution in [-0.2, 0) is 44.2 Å². The highest BCUT2D eigenvalue weighted by atomic mass is 19.1. The monoisotopic (exact) mass is 855 g/mol. The molecule has 0 bridgehead atoms. The fraction of sp³-hybridized carbons (Fsp3) is 0.308. The summed E-state index contributed by atoms with van der Waals surface area (Å²) in [5.74, 6) is -0.965. The number of hydrogen-bond acceptors (Lipinski definition) is 7. The maximum Gasteiger partial charge on any atom is 0.265 e. The highest BCUT2D eigenvalue weighted by molar-refractivity contribution is 6.09. The molecule has 0 N–H and O–H groups in total. The third kappa shape index (κ3) is 6.48. The summed E-state index contributed by atoms with van der Waals surface area (Å²) in [7, 11) is 5.35. The lowest BCUT2D eigenvalue weighted by Gasteiger charge is -2.60. The number of carbonyl (C=O) groups is 2. The third-order valence-corrected chi connectivity index (χ3v) is 14.2. The van der Waals surface area contributed by atoms with E-state index in [-0.39, 0.29) is 34.7 Å². The molecule has 7 heterocycles. The number of pyridine rings is 2. The van der Waals surface area contributed by atoms with E-state index in [4.69, 9.17) is 4.74 Å². The number of anilines is 1. The van der Waals surface area contributed by atoms with Crippen LogP contribution in [0.2, 0.25) is 0 Å². The lowest BCUT2D eigenvalue weighted by Crippen LogP contribution is -2.71. The number of halogens is 1. The Morgan fingerprint density at radius 2 is 1.59 bits per heavy atom. The van der Waals surface area contributed by atoms with Crippen LogP contribution in [0, 0.1) is 11.2 Å². The van der Waals surface area contributed by atoms with Gasteiger partial charge in [-0.3, -0.25) is 19.0 Å². The van der Waals surface area contributed by atoms with Gasteiger partial charge in [0, 0.05) is 92.5 Å². The van der Waals surface area contributed by atoms with Crippen molar-refractivity contribution < 1.29 is 18.7 Å². The Morgan fingerprint density at radius 3 is 2.36 bits per heavy atom. The Kier molecular flexibility index (Phi) is 9.50. The number of hydrogen-bond donors (Lipinski definition) is 0. The summed E-state index contributed by atoms with van der Waals surface area (Å²) >= 11 is 0. The molecule has 2 saturated heterocycles. The Hall–Kier alpha value is -6.79. The maximum atomic E-state index is 16.6. The van der Waals surface area contributed by atoms with Gasteiger partial charge in [-0.1, -0.05) is 54.6 Å². The van der Waals surface area contributed by atoms with Crippen LogP contribution in [0.1, 0.15) is 45.1 Å². The number of fused-ring (bicyclic) bond motifs is 5. The lowest BCUT2D eigenvalue weighted by molar-refractivity contribution is -0.131. The van der Waals surface area contributed by atoms with E-state index in [1.165, 1.54) is 29.1 Å². The predicted octanol–water partition coefficient (Wildman–Crippen LogP) is 7.16. The zero-order valence-corrected chi connectivity index (χ0v) is 36.6. The number of likely N-dealkylation sites (tertiary alicyclic amines) is 1. The molecular weight excluding hydrogens is 806 g/mol. The van der Waals surface area contributed by atoms with Crippen molar-refractivity contribution in [2.45, 2.75) is 45.3 Å². The largest absolute Gasteiger partial charge is 0.479 e. The number of methoxy groups -OCH3 is 1. The molecule has 0 aliphatic carbocycles. The smallest absolute Gasteiger partial charge is 0.265 e. The molecule has 0 unspecified atom stereocenters. The van der Waals surface area contributed by atoms with Crippen molar-refractivity contribution in [1.29, 1.82) is 0 Å². The second-order valence-corrected chi connectivity index (χ2v) is 18.5. The summed E-state index contributed by atoms with van der Waals surface area (Å²) in [5.41, 5.74) is 9.45. The number of nitrogens with zero attached hydrogens (tertiary/aromatic N) is 7. The van der Waals surface area contributed by atoms with E-state index in [2.05, 4.69) is 65.2 Å². The molecule has 4 aromatic carbocycles. The van der Waals surface area contributed by atoms with Crippen LogP contribution in [0.5, 0.6) is 5.88 Å². The summed E-state index contributed by atoms with van der Waals surface area (Å²) in [6.45, 7) is 7.80. The number of aryl methyl sites for hydroxylation is 1. The first-order chi connectivity index (χ1) is 31.0. The van der Waals surface area contributed by atoms with Crippen LogP contribution in [0.25, 0.3) is 38.8 Å². The van der Waals surface area contributed by atoms with E-state index in [9.17, 15) is 9.59 Å². The first kappa shape index (κ1) is 40.0. The van der Waals surface area contributed by atoms with E-state index in [0.717, 1.165) is 54.9 Å². The Balaban J connectivity index is 0.991. The molecule has 11 rings (SSSR count). The van der Waals surface area contributed by atoms with Gasteiger partial charge in [0.25, 0.3) is 17.3 Å². The van der Waals surface area contributed by atoms with Gasteiger partial charge in [0.1, 0.15) is 0 Å². The van der Waals surface area contributed by atoms with Crippen molar-refractivity contribution in [2.75, 3.05) is 51.8 Å². The van der Waals surface area contributed by atoms with Crippen molar-refractivity contribution in [2.24, 2.45) is 12.5 Å². The molecule has 12 heteroatoms. The number of benzene rings is 4. The van der Waals surface area contributed by atoms with Crippen molar-refractivity contribution in [1.82, 2.24) is 28.8 Å². The number of para-hydroxylation sites is 1. The van der Waals surface area contributed by atoms with Crippen molar-refractivity contribution in [3.63, 3.8) is 0 Å². The van der Waals surface area contributed by atoms with Crippen LogP contribution in [-0.4, -0.2) is 93.6 Å². The Bertz CT molecular complexity index is 3110. The number of rotatable bonds is 7. The zero-order valence-electron chi connectivity index (χ0n) is 36.6. The fourth-order valence-electron chi connectivity index (χ4n) is 11.1. The van der Waals surface area contributed by atoms with Crippen molar-refractivity contribution in [3.05, 3.63) is 153 Å². The van der Waals surface area contributed by atoms with E-state index in [0.29, 0.717) is 76.8 Å². The minimum Gasteiger partial charge on any atom is -0.479 e. The Morgan fingerprint density at radius 1 is 0.844 bits per heavy atom. The Labute approximate surface area is 370 Å². The molecule has 11 nitrogen and oxygen atoms in total. The first-order valence-corrected chi connectivity index (χ1v) is 22.2. The van der Waals surface area contributed by atoms with Crippen LogP contribution >= 0.6 is 0 Å². The van der Waals surface area contributed by atoms with E-state index in [1.807, 2.05) is 63.9 Å². The second kappa shape index (κ2) is 15.2. The minimum absolute atomic E-state index is 0.0453. The van der Waals surface area contributed by atoms with Crippen LogP contribution in [0.15, 0.2) is 108 Å². The average molecular weight is 856 g/mol. The standard InChI is InChI=1S/C52H50FN7O4/c1-32-19-34-12-8-9-13-36(34)27-59(32)50(62)41-23-37-26-57(45(61)21-33-11-10-16-39(20-33)58-30-52(31-58)28-55(2)29-52)18-17-35(37)22-40(41)43-24-42-48(56(43)3)46-44(25-54-49(64-4)47(46)53)60(51(42)63)38-14-6-5-7-15-38/h5-16,20,22-25,32H,17-19,21,26-31H2,1-4H3/t32-/m1/s1. The van der Waals surface area contributed by atoms with E-state index in [1.54, 1.807) is 18.2 Å². The van der Waals surface area contributed by atoms with Gasteiger partial charge in [-0.2, -0.15) is 0 Å². The third-order valence-electron chi connectivity index (χ3n) is 14.2. The second-order valence-electron chi connectivity index (χ2n) is 18.5. The maximum absolute atomic E-state index is 16.6. The van der Waals surface area contributed by atoms with Gasteiger partial charge in [-0.05, 0) is 97.1 Å². The molecule has 1 spiro atoms. The fourth-order valence-corrected chi connectivity index (χ4v) is 11.1. The molecular formula is C52H50FN7O4. The van der Waals surface area contributed by atoms with Crippen molar-refractivity contribution >= 4 is 39.3 Å². The molecule has 0 radical (unpaired) electrons. The lowest BCUT2D eigenvalue weighted by atomic mass is 9.73. The first-order valence-electron chi connectivity index (χ1n) is 22.2. The van der Waals surface area contributed by atoms with E-state index >= 15 is 9.18 Å². The SMILES string of the molecule is COc1ncc2c(c1F)c1c(cc(-c3cc4c(cc3C(=O)N3Cc5ccccc5C[C@H]3C)CN(C(=O)Cc3cccc(N5CC6(CN(C)C6)C5)c3)CC4)n1C)c(=O)n2-c1ccccc1. The van der Waals surface area contributed by atoms with Crippen LogP contribution in [0.4, 0.5) is 10.1 Å². The van der Waals surface area contributed by atoms with Gasteiger partial charge in [0.05, 0.1) is 41.5 Å². The van der Waals surface area contributed by atoms with Gasteiger partial charge in [-0.25, -0.2) is 9.37 Å². The summed E-state index contributed by atoms with van der Waals surface area (Å²) in [4.78, 5) is 56.8. The minimum atomic E-state index is -0.683. The molecule has 4 aliphatic rings. The molecule has 324 valence electrons. The van der Waals surface area contributed by atoms with Gasteiger partial charge in [-0.15, -0.1) is 0 Å². The molecule has 2 amide bonds. The number of carbonyl (C=O) groups excluding carboxylic acids is 2. The van der Waals surface area contributed by atoms with Gasteiger partial charge in [0.2, 0.25) is 5.91 Å². The average Bonchev–Trinajstić information content (AvgIpc) is 3.63. The molecule has 3 aromatic heterocycles. The quantitative estimate of drug-likeness (QED) is 0.168. The van der Waals surface area contributed by atoms with Gasteiger partial charge in [0.15, 0.2) is 5.82 Å². The summed E-state index contributed by atoms with van der Waals surface area (Å²) < 4.78 is 25.3. The summed E-state index contributed by atoms with van der Waals surface area (Å²) in [6.07, 6.45) is 3.07. The molecule has 7 aromatic rings. The predicted molar refractivity (Wildman–Crippen MR) is 247 cm³/mol. The van der Waals surface area contributed by atoms with Crippen LogP contribution in [0.3, 0.4) is 0 Å². The molecule has 1 atom stereocenters. The molecule has 64 heavy (non-hydrogen) atoms. The van der Waals surface area contributed by atoms with Crippen molar-refractivity contribution in [3.8, 4) is 22.8 Å². The number of aromatic nitrogens is 3.